The Bertz CT molecular complexity index is 702. The van der Waals surface area contributed by atoms with Crippen LogP contribution in [0.2, 0.25) is 0 Å². The van der Waals surface area contributed by atoms with Crippen molar-refractivity contribution in [2.75, 3.05) is 6.61 Å². The van der Waals surface area contributed by atoms with E-state index in [0.29, 0.717) is 5.56 Å². The van der Waals surface area contributed by atoms with Crippen LogP contribution >= 0.6 is 0 Å². The summed E-state index contributed by atoms with van der Waals surface area (Å²) in [5.74, 6) is -3.23. The van der Waals surface area contributed by atoms with Crippen LogP contribution in [0.15, 0.2) is 54.6 Å². The Morgan fingerprint density at radius 1 is 0.913 bits per heavy atom. The predicted octanol–water partition coefficient (Wildman–Crippen LogP) is 3.30. The van der Waals surface area contributed by atoms with E-state index in [1.807, 2.05) is 30.3 Å². The van der Waals surface area contributed by atoms with E-state index in [9.17, 15) is 14.4 Å². The predicted molar refractivity (Wildman–Crippen MR) is 87.0 cm³/mol. The van der Waals surface area contributed by atoms with Crippen LogP contribution in [0.25, 0.3) is 11.1 Å². The largest absolute Gasteiger partial charge is 0.465 e. The van der Waals surface area contributed by atoms with Crippen LogP contribution in [0, 0.1) is 5.92 Å². The standard InChI is InChI=1S/C19H18O4/c1-3-23-19(22)17(13(2)20)18(21)16-11-9-15(10-12-16)14-7-5-4-6-8-14/h4-12,17H,3H2,1-2H3/t17-/m0/s1. The number of ether oxygens (including phenoxy) is 1. The maximum Gasteiger partial charge on any atom is 0.324 e. The van der Waals surface area contributed by atoms with E-state index in [0.717, 1.165) is 11.1 Å². The average Bonchev–Trinajstić information content (AvgIpc) is 2.56. The summed E-state index contributed by atoms with van der Waals surface area (Å²) in [6.45, 7) is 2.98. The van der Waals surface area contributed by atoms with Gasteiger partial charge in [0.1, 0.15) is 0 Å². The van der Waals surface area contributed by atoms with Gasteiger partial charge in [0.2, 0.25) is 0 Å². The Morgan fingerprint density at radius 3 is 2.00 bits per heavy atom. The minimum absolute atomic E-state index is 0.128. The molecule has 0 amide bonds. The lowest BCUT2D eigenvalue weighted by Crippen LogP contribution is -2.32. The monoisotopic (exact) mass is 310 g/mol. The molecule has 118 valence electrons. The van der Waals surface area contributed by atoms with Gasteiger partial charge in [0, 0.05) is 5.56 Å². The zero-order chi connectivity index (χ0) is 16.8. The van der Waals surface area contributed by atoms with E-state index in [2.05, 4.69) is 0 Å². The van der Waals surface area contributed by atoms with E-state index in [-0.39, 0.29) is 6.61 Å². The highest BCUT2D eigenvalue weighted by atomic mass is 16.5. The van der Waals surface area contributed by atoms with Crippen LogP contribution in [-0.2, 0) is 14.3 Å². The summed E-state index contributed by atoms with van der Waals surface area (Å²) in [6.07, 6.45) is 0. The van der Waals surface area contributed by atoms with Gasteiger partial charge in [-0.25, -0.2) is 0 Å². The highest BCUT2D eigenvalue weighted by Gasteiger charge is 2.33. The molecule has 4 nitrogen and oxygen atoms in total. The van der Waals surface area contributed by atoms with Crippen molar-refractivity contribution in [3.05, 3.63) is 60.2 Å². The van der Waals surface area contributed by atoms with Crippen molar-refractivity contribution in [1.29, 1.82) is 0 Å². The molecular weight excluding hydrogens is 292 g/mol. The fourth-order valence-electron chi connectivity index (χ4n) is 2.31. The average molecular weight is 310 g/mol. The summed E-state index contributed by atoms with van der Waals surface area (Å²) in [7, 11) is 0. The molecule has 0 aliphatic rings. The molecule has 1 atom stereocenters. The maximum atomic E-state index is 12.4. The van der Waals surface area contributed by atoms with Gasteiger partial charge in [0.05, 0.1) is 6.61 Å². The van der Waals surface area contributed by atoms with Crippen molar-refractivity contribution in [2.45, 2.75) is 13.8 Å². The second-order valence-corrected chi connectivity index (χ2v) is 5.10. The molecule has 0 aliphatic heterocycles. The molecule has 0 radical (unpaired) electrons. The van der Waals surface area contributed by atoms with Gasteiger partial charge in [0.15, 0.2) is 17.5 Å². The third-order valence-electron chi connectivity index (χ3n) is 3.47. The zero-order valence-corrected chi connectivity index (χ0v) is 13.1. The smallest absolute Gasteiger partial charge is 0.324 e. The van der Waals surface area contributed by atoms with E-state index in [1.165, 1.54) is 6.92 Å². The van der Waals surface area contributed by atoms with Gasteiger partial charge in [-0.2, -0.15) is 0 Å². The van der Waals surface area contributed by atoms with E-state index in [4.69, 9.17) is 4.74 Å². The number of hydrogen-bond acceptors (Lipinski definition) is 4. The SMILES string of the molecule is CCOC(=O)[C@@H](C(C)=O)C(=O)c1ccc(-c2ccccc2)cc1. The fourth-order valence-corrected chi connectivity index (χ4v) is 2.31. The Labute approximate surface area is 135 Å². The van der Waals surface area contributed by atoms with Crippen molar-refractivity contribution in [3.63, 3.8) is 0 Å². The second-order valence-electron chi connectivity index (χ2n) is 5.10. The molecule has 0 saturated carbocycles. The zero-order valence-electron chi connectivity index (χ0n) is 13.1. The van der Waals surface area contributed by atoms with E-state index < -0.39 is 23.5 Å². The molecule has 0 bridgehead atoms. The molecule has 23 heavy (non-hydrogen) atoms. The molecule has 0 fully saturated rings. The molecule has 0 N–H and O–H groups in total. The van der Waals surface area contributed by atoms with Crippen molar-refractivity contribution < 1.29 is 19.1 Å². The van der Waals surface area contributed by atoms with Gasteiger partial charge in [-0.3, -0.25) is 14.4 Å². The summed E-state index contributed by atoms with van der Waals surface area (Å²) < 4.78 is 4.82. The number of esters is 1. The van der Waals surface area contributed by atoms with Gasteiger partial charge in [-0.05, 0) is 25.0 Å². The number of Topliss-reactive ketones (excluding diaryl/α,β-unsaturated/α-hetero) is 2. The maximum absolute atomic E-state index is 12.4. The molecular formula is C19H18O4. The van der Waals surface area contributed by atoms with Crippen LogP contribution in [0.5, 0.6) is 0 Å². The number of ketones is 2. The lowest BCUT2D eigenvalue weighted by molar-refractivity contribution is -0.148. The van der Waals surface area contributed by atoms with Crippen molar-refractivity contribution in [3.8, 4) is 11.1 Å². The first-order valence-corrected chi connectivity index (χ1v) is 7.41. The molecule has 0 spiro atoms. The summed E-state index contributed by atoms with van der Waals surface area (Å²) in [6, 6.07) is 16.6. The first kappa shape index (κ1) is 16.6. The van der Waals surface area contributed by atoms with Crippen molar-refractivity contribution in [1.82, 2.24) is 0 Å². The third kappa shape index (κ3) is 3.92. The number of rotatable bonds is 6. The van der Waals surface area contributed by atoms with Crippen molar-refractivity contribution in [2.24, 2.45) is 5.92 Å². The van der Waals surface area contributed by atoms with Crippen LogP contribution in [-0.4, -0.2) is 24.1 Å². The Kier molecular flexibility index (Phi) is 5.41. The van der Waals surface area contributed by atoms with Crippen LogP contribution in [0.1, 0.15) is 24.2 Å². The van der Waals surface area contributed by atoms with Crippen LogP contribution in [0.3, 0.4) is 0 Å². The summed E-state index contributed by atoms with van der Waals surface area (Å²) in [4.78, 5) is 35.9. The van der Waals surface area contributed by atoms with E-state index in [1.54, 1.807) is 31.2 Å². The van der Waals surface area contributed by atoms with E-state index >= 15 is 0 Å². The van der Waals surface area contributed by atoms with Crippen LogP contribution < -0.4 is 0 Å². The van der Waals surface area contributed by atoms with Gasteiger partial charge in [0.25, 0.3) is 0 Å². The minimum atomic E-state index is -1.39. The van der Waals surface area contributed by atoms with Crippen LogP contribution in [0.4, 0.5) is 0 Å². The molecule has 2 aromatic rings. The number of benzene rings is 2. The van der Waals surface area contributed by atoms with Gasteiger partial charge in [-0.1, -0.05) is 54.6 Å². The Hall–Kier alpha value is -2.75. The highest BCUT2D eigenvalue weighted by molar-refractivity contribution is 6.22. The summed E-state index contributed by atoms with van der Waals surface area (Å²) in [5, 5.41) is 0. The lowest BCUT2D eigenvalue weighted by atomic mass is 9.93. The third-order valence-corrected chi connectivity index (χ3v) is 3.47. The van der Waals surface area contributed by atoms with Gasteiger partial charge < -0.3 is 4.74 Å². The topological polar surface area (TPSA) is 60.4 Å². The summed E-state index contributed by atoms with van der Waals surface area (Å²) >= 11 is 0. The Balaban J connectivity index is 2.25. The number of hydrogen-bond donors (Lipinski definition) is 0. The molecule has 0 heterocycles. The van der Waals surface area contributed by atoms with Gasteiger partial charge >= 0.3 is 5.97 Å². The molecule has 0 unspecified atom stereocenters. The highest BCUT2D eigenvalue weighted by Crippen LogP contribution is 2.21. The molecule has 0 aliphatic carbocycles. The second kappa shape index (κ2) is 7.49. The molecule has 2 rings (SSSR count). The summed E-state index contributed by atoms with van der Waals surface area (Å²) in [5.41, 5.74) is 2.30. The van der Waals surface area contributed by atoms with Gasteiger partial charge in [-0.15, -0.1) is 0 Å². The Morgan fingerprint density at radius 2 is 1.48 bits per heavy atom. The number of carbonyl (C=O) groups is 3. The normalized spacial score (nSPS) is 11.6. The molecule has 0 saturated heterocycles. The fraction of sp³-hybridized carbons (Fsp3) is 0.211. The lowest BCUT2D eigenvalue weighted by Gasteiger charge is -2.12. The molecule has 0 aromatic heterocycles. The minimum Gasteiger partial charge on any atom is -0.465 e. The number of carbonyl (C=O) groups excluding carboxylic acids is 3. The van der Waals surface area contributed by atoms with Crippen molar-refractivity contribution >= 4 is 17.5 Å². The quantitative estimate of drug-likeness (QED) is 0.466. The first-order valence-electron chi connectivity index (χ1n) is 7.41. The molecule has 4 heteroatoms. The molecule has 2 aromatic carbocycles. The first-order chi connectivity index (χ1) is 11.0.